The van der Waals surface area contributed by atoms with Crippen LogP contribution in [0.4, 0.5) is 5.69 Å². The second kappa shape index (κ2) is 5.83. The number of benzene rings is 1. The average molecular weight is 336 g/mol. The topological polar surface area (TPSA) is 89.3 Å². The standard InChI is InChI=1S/C15H16N2O3S2/c16-22(19,20)11-7-5-10(6-8-11)17-15(18)13-9-21-14-4-2-1-3-12(13)14/h5-9H,1-4H2,(H,17,18)(H2,16,19,20). The third kappa shape index (κ3) is 3.06. The van der Waals surface area contributed by atoms with Crippen molar-refractivity contribution in [1.29, 1.82) is 0 Å². The van der Waals surface area contributed by atoms with Crippen molar-refractivity contribution < 1.29 is 13.2 Å². The van der Waals surface area contributed by atoms with Gasteiger partial charge in [0, 0.05) is 15.9 Å². The Balaban J connectivity index is 1.78. The summed E-state index contributed by atoms with van der Waals surface area (Å²) in [5.41, 5.74) is 2.44. The van der Waals surface area contributed by atoms with Crippen LogP contribution >= 0.6 is 11.3 Å². The number of nitrogens with two attached hydrogens (primary N) is 1. The fourth-order valence-corrected chi connectivity index (χ4v) is 4.25. The van der Waals surface area contributed by atoms with Gasteiger partial charge in [-0.1, -0.05) is 0 Å². The van der Waals surface area contributed by atoms with Crippen LogP contribution < -0.4 is 10.5 Å². The number of hydrogen-bond donors (Lipinski definition) is 2. The van der Waals surface area contributed by atoms with Crippen molar-refractivity contribution in [3.05, 3.63) is 45.6 Å². The Morgan fingerprint density at radius 3 is 2.50 bits per heavy atom. The van der Waals surface area contributed by atoms with Crippen LogP contribution in [0.15, 0.2) is 34.5 Å². The normalized spacial score (nSPS) is 14.4. The summed E-state index contributed by atoms with van der Waals surface area (Å²) >= 11 is 1.64. The van der Waals surface area contributed by atoms with Gasteiger partial charge in [0.05, 0.1) is 10.5 Å². The predicted molar refractivity (Wildman–Crippen MR) is 86.7 cm³/mol. The molecule has 0 saturated carbocycles. The van der Waals surface area contributed by atoms with E-state index in [9.17, 15) is 13.2 Å². The Hall–Kier alpha value is -1.70. The highest BCUT2D eigenvalue weighted by atomic mass is 32.2. The molecule has 5 nitrogen and oxygen atoms in total. The Morgan fingerprint density at radius 1 is 1.14 bits per heavy atom. The van der Waals surface area contributed by atoms with Gasteiger partial charge in [-0.3, -0.25) is 4.79 Å². The molecule has 2 aromatic rings. The van der Waals surface area contributed by atoms with Crippen LogP contribution in [-0.4, -0.2) is 14.3 Å². The monoisotopic (exact) mass is 336 g/mol. The van der Waals surface area contributed by atoms with Crippen LogP contribution in [0.3, 0.4) is 0 Å². The zero-order chi connectivity index (χ0) is 15.7. The first-order valence-electron chi connectivity index (χ1n) is 6.98. The number of carbonyl (C=O) groups excluding carboxylic acids is 1. The van der Waals surface area contributed by atoms with E-state index in [1.807, 2.05) is 5.38 Å². The predicted octanol–water partition coefficient (Wildman–Crippen LogP) is 2.53. The van der Waals surface area contributed by atoms with Gasteiger partial charge < -0.3 is 5.32 Å². The van der Waals surface area contributed by atoms with E-state index in [0.29, 0.717) is 5.69 Å². The number of nitrogens with one attached hydrogen (secondary N) is 1. The SMILES string of the molecule is NS(=O)(=O)c1ccc(NC(=O)c2csc3c2CCCC3)cc1. The summed E-state index contributed by atoms with van der Waals surface area (Å²) in [4.78, 5) is 13.7. The summed E-state index contributed by atoms with van der Waals surface area (Å²) in [6.45, 7) is 0. The van der Waals surface area contributed by atoms with Gasteiger partial charge in [0.25, 0.3) is 5.91 Å². The lowest BCUT2D eigenvalue weighted by Crippen LogP contribution is -2.15. The maximum absolute atomic E-state index is 12.4. The number of rotatable bonds is 3. The molecule has 1 aliphatic rings. The summed E-state index contributed by atoms with van der Waals surface area (Å²) in [6.07, 6.45) is 4.30. The lowest BCUT2D eigenvalue weighted by atomic mass is 9.95. The number of thiophene rings is 1. The van der Waals surface area contributed by atoms with Gasteiger partial charge in [-0.2, -0.15) is 0 Å². The molecule has 1 aromatic heterocycles. The Morgan fingerprint density at radius 2 is 1.82 bits per heavy atom. The largest absolute Gasteiger partial charge is 0.322 e. The maximum atomic E-state index is 12.4. The molecule has 0 bridgehead atoms. The third-order valence-corrected chi connectivity index (χ3v) is 5.76. The molecular weight excluding hydrogens is 320 g/mol. The van der Waals surface area contributed by atoms with Gasteiger partial charge in [-0.25, -0.2) is 13.6 Å². The zero-order valence-corrected chi connectivity index (χ0v) is 13.5. The fourth-order valence-electron chi connectivity index (χ4n) is 2.61. The number of primary sulfonamides is 1. The van der Waals surface area contributed by atoms with Crippen molar-refractivity contribution in [2.45, 2.75) is 30.6 Å². The van der Waals surface area contributed by atoms with E-state index in [0.717, 1.165) is 30.4 Å². The van der Waals surface area contributed by atoms with Crippen molar-refractivity contribution in [2.24, 2.45) is 5.14 Å². The highest BCUT2D eigenvalue weighted by Gasteiger charge is 2.20. The van der Waals surface area contributed by atoms with E-state index >= 15 is 0 Å². The molecule has 0 radical (unpaired) electrons. The first-order valence-corrected chi connectivity index (χ1v) is 9.41. The molecule has 3 rings (SSSR count). The molecule has 0 fully saturated rings. The van der Waals surface area contributed by atoms with E-state index < -0.39 is 10.0 Å². The minimum Gasteiger partial charge on any atom is -0.322 e. The number of sulfonamides is 1. The summed E-state index contributed by atoms with van der Waals surface area (Å²) in [7, 11) is -3.71. The minimum absolute atomic E-state index is 0.0263. The lowest BCUT2D eigenvalue weighted by Gasteiger charge is -2.12. The molecule has 0 unspecified atom stereocenters. The Bertz CT molecular complexity index is 808. The molecule has 116 valence electrons. The smallest absolute Gasteiger partial charge is 0.256 e. The van der Waals surface area contributed by atoms with E-state index in [2.05, 4.69) is 5.32 Å². The molecule has 1 aromatic carbocycles. The third-order valence-electron chi connectivity index (χ3n) is 3.75. The van der Waals surface area contributed by atoms with Crippen LogP contribution in [0, 0.1) is 0 Å². The number of fused-ring (bicyclic) bond motifs is 1. The molecule has 7 heteroatoms. The van der Waals surface area contributed by atoms with Gasteiger partial charge >= 0.3 is 0 Å². The van der Waals surface area contributed by atoms with Crippen molar-refractivity contribution in [3.8, 4) is 0 Å². The molecule has 1 aliphatic carbocycles. The first-order chi connectivity index (χ1) is 10.4. The maximum Gasteiger partial charge on any atom is 0.256 e. The molecule has 0 aliphatic heterocycles. The number of amides is 1. The highest BCUT2D eigenvalue weighted by Crippen LogP contribution is 2.30. The molecule has 1 amide bonds. The summed E-state index contributed by atoms with van der Waals surface area (Å²) < 4.78 is 22.4. The second-order valence-electron chi connectivity index (χ2n) is 5.28. The highest BCUT2D eigenvalue weighted by molar-refractivity contribution is 7.89. The number of anilines is 1. The van der Waals surface area contributed by atoms with Gasteiger partial charge in [0.2, 0.25) is 10.0 Å². The first kappa shape index (κ1) is 15.2. The lowest BCUT2D eigenvalue weighted by molar-refractivity contribution is 0.102. The molecule has 3 N–H and O–H groups in total. The van der Waals surface area contributed by atoms with Crippen molar-refractivity contribution in [3.63, 3.8) is 0 Å². The minimum atomic E-state index is -3.71. The van der Waals surface area contributed by atoms with Crippen LogP contribution in [-0.2, 0) is 22.9 Å². The Labute approximate surface area is 133 Å². The van der Waals surface area contributed by atoms with Gasteiger partial charge in [-0.05, 0) is 55.5 Å². The van der Waals surface area contributed by atoms with E-state index in [1.54, 1.807) is 11.3 Å². The van der Waals surface area contributed by atoms with Crippen molar-refractivity contribution >= 4 is 33.0 Å². The zero-order valence-electron chi connectivity index (χ0n) is 11.8. The summed E-state index contributed by atoms with van der Waals surface area (Å²) in [6, 6.07) is 5.84. The van der Waals surface area contributed by atoms with E-state index in [1.165, 1.54) is 35.6 Å². The van der Waals surface area contributed by atoms with E-state index in [4.69, 9.17) is 5.14 Å². The van der Waals surface area contributed by atoms with Gasteiger partial charge in [0.1, 0.15) is 0 Å². The summed E-state index contributed by atoms with van der Waals surface area (Å²) in [5.74, 6) is -0.150. The quantitative estimate of drug-likeness (QED) is 0.902. The molecule has 1 heterocycles. The second-order valence-corrected chi connectivity index (χ2v) is 7.81. The fraction of sp³-hybridized carbons (Fsp3) is 0.267. The Kier molecular flexibility index (Phi) is 4.03. The van der Waals surface area contributed by atoms with Crippen molar-refractivity contribution in [1.82, 2.24) is 0 Å². The van der Waals surface area contributed by atoms with Crippen molar-refractivity contribution in [2.75, 3.05) is 5.32 Å². The average Bonchev–Trinajstić information content (AvgIpc) is 2.91. The molecule has 0 atom stereocenters. The van der Waals surface area contributed by atoms with Crippen LogP contribution in [0.2, 0.25) is 0 Å². The van der Waals surface area contributed by atoms with Crippen LogP contribution in [0.25, 0.3) is 0 Å². The number of carbonyl (C=O) groups is 1. The number of aryl methyl sites for hydroxylation is 1. The number of hydrogen-bond acceptors (Lipinski definition) is 4. The van der Waals surface area contributed by atoms with Crippen LogP contribution in [0.1, 0.15) is 33.6 Å². The molecule has 22 heavy (non-hydrogen) atoms. The molecule has 0 spiro atoms. The van der Waals surface area contributed by atoms with Gasteiger partial charge in [-0.15, -0.1) is 11.3 Å². The van der Waals surface area contributed by atoms with Gasteiger partial charge in [0.15, 0.2) is 0 Å². The van der Waals surface area contributed by atoms with Crippen LogP contribution in [0.5, 0.6) is 0 Å². The molecule has 0 saturated heterocycles. The summed E-state index contributed by atoms with van der Waals surface area (Å²) in [5, 5.41) is 9.76. The molecular formula is C15H16N2O3S2. The van der Waals surface area contributed by atoms with E-state index in [-0.39, 0.29) is 10.8 Å².